The molecule has 5 atom stereocenters. The van der Waals surface area contributed by atoms with Crippen LogP contribution in [-0.4, -0.2) is 24.3 Å². The molecule has 0 aromatic carbocycles. The number of allylic oxidation sites excluding steroid dienone is 8. The summed E-state index contributed by atoms with van der Waals surface area (Å²) in [5.74, 6) is 0.389. The van der Waals surface area contributed by atoms with E-state index in [4.69, 9.17) is 21.1 Å². The molecule has 31 heavy (non-hydrogen) atoms. The van der Waals surface area contributed by atoms with Gasteiger partial charge in [0.15, 0.2) is 11.6 Å². The normalized spacial score (nSPS) is 36.4. The predicted octanol–water partition coefficient (Wildman–Crippen LogP) is 6.02. The van der Waals surface area contributed by atoms with Gasteiger partial charge in [0.05, 0.1) is 13.0 Å². The van der Waals surface area contributed by atoms with Crippen LogP contribution in [0.2, 0.25) is 0 Å². The number of ether oxygens (including phenoxy) is 2. The summed E-state index contributed by atoms with van der Waals surface area (Å²) < 4.78 is 12.2. The Bertz CT molecular complexity index is 960. The van der Waals surface area contributed by atoms with E-state index in [0.717, 1.165) is 25.7 Å². The van der Waals surface area contributed by atoms with Crippen LogP contribution in [0.1, 0.15) is 66.7 Å². The average Bonchev–Trinajstić information content (AvgIpc) is 3.21. The number of hydrogen-bond donors (Lipinski definition) is 0. The number of fused-ring (bicyclic) bond motifs is 1. The van der Waals surface area contributed by atoms with Crippen molar-refractivity contribution in [3.63, 3.8) is 0 Å². The zero-order chi connectivity index (χ0) is 22.7. The van der Waals surface area contributed by atoms with Crippen LogP contribution in [0.4, 0.5) is 0 Å². The quantitative estimate of drug-likeness (QED) is 0.497. The van der Waals surface area contributed by atoms with Gasteiger partial charge in [0, 0.05) is 23.8 Å². The molecule has 1 spiro atoms. The molecule has 5 heteroatoms. The second kappa shape index (κ2) is 7.65. The maximum Gasteiger partial charge on any atom is 0.188 e. The van der Waals surface area contributed by atoms with Crippen molar-refractivity contribution in [3.05, 3.63) is 45.4 Å². The number of carbonyl (C=O) groups excluding carboxylic acids is 2. The van der Waals surface area contributed by atoms with Gasteiger partial charge in [0.25, 0.3) is 0 Å². The van der Waals surface area contributed by atoms with Crippen LogP contribution in [0, 0.1) is 23.2 Å². The Hall–Kier alpha value is -1.81. The lowest BCUT2D eigenvalue weighted by Crippen LogP contribution is -2.49. The lowest BCUT2D eigenvalue weighted by molar-refractivity contribution is -0.127. The van der Waals surface area contributed by atoms with E-state index in [0.29, 0.717) is 17.9 Å². The van der Waals surface area contributed by atoms with Crippen molar-refractivity contribution in [1.29, 1.82) is 0 Å². The maximum atomic E-state index is 13.4. The molecule has 0 aromatic heterocycles. The zero-order valence-corrected chi connectivity index (χ0v) is 20.2. The molecule has 4 aliphatic rings. The summed E-state index contributed by atoms with van der Waals surface area (Å²) in [6, 6.07) is 0. The van der Waals surface area contributed by atoms with Gasteiger partial charge >= 0.3 is 0 Å². The Morgan fingerprint density at radius 2 is 1.97 bits per heavy atom. The number of halogens is 1. The fourth-order valence-electron chi connectivity index (χ4n) is 6.50. The van der Waals surface area contributed by atoms with E-state index in [1.165, 1.54) is 29.9 Å². The number of ketones is 2. The van der Waals surface area contributed by atoms with Gasteiger partial charge in [-0.05, 0) is 66.2 Å². The van der Waals surface area contributed by atoms with Gasteiger partial charge in [0.2, 0.25) is 0 Å². The smallest absolute Gasteiger partial charge is 0.188 e. The van der Waals surface area contributed by atoms with Crippen LogP contribution in [-0.2, 0) is 19.1 Å². The number of rotatable bonds is 4. The van der Waals surface area contributed by atoms with E-state index < -0.39 is 16.9 Å². The average molecular weight is 445 g/mol. The lowest BCUT2D eigenvalue weighted by atomic mass is 9.54. The highest BCUT2D eigenvalue weighted by atomic mass is 35.5. The molecule has 0 amide bonds. The Labute approximate surface area is 190 Å². The second-order valence-corrected chi connectivity index (χ2v) is 10.7. The highest BCUT2D eigenvalue weighted by molar-refractivity contribution is 6.43. The number of hydrogen-bond acceptors (Lipinski definition) is 4. The molecule has 0 aromatic rings. The van der Waals surface area contributed by atoms with Crippen molar-refractivity contribution >= 4 is 23.2 Å². The summed E-state index contributed by atoms with van der Waals surface area (Å²) in [6.45, 7) is 10.7. The van der Waals surface area contributed by atoms with Crippen LogP contribution in [0.15, 0.2) is 45.4 Å². The van der Waals surface area contributed by atoms with E-state index in [1.807, 2.05) is 0 Å². The van der Waals surface area contributed by atoms with E-state index in [9.17, 15) is 9.59 Å². The van der Waals surface area contributed by atoms with Crippen molar-refractivity contribution in [3.8, 4) is 0 Å². The fraction of sp³-hybridized carbons (Fsp3) is 0.615. The highest BCUT2D eigenvalue weighted by Crippen LogP contribution is 2.71. The third kappa shape index (κ3) is 3.25. The topological polar surface area (TPSA) is 52.6 Å². The molecular weight excluding hydrogens is 412 g/mol. The standard InChI is InChI=1S/C26H33ClO4/c1-14(2)8-7-9-25(5)20-10-16(15(3)4)13-26(20)18-11-17(28)12-19(30-6)21(18)23(29)22(27)24(26)31-25/h8,12,18,20-21H,7,9-11,13H2,1-6H3/t18-,20-,21-,25-,26+/m0/s1. The van der Waals surface area contributed by atoms with E-state index >= 15 is 0 Å². The third-order valence-corrected chi connectivity index (χ3v) is 8.36. The van der Waals surface area contributed by atoms with Crippen molar-refractivity contribution in [2.24, 2.45) is 23.2 Å². The van der Waals surface area contributed by atoms with E-state index in [1.54, 1.807) is 0 Å². The first kappa shape index (κ1) is 22.4. The Morgan fingerprint density at radius 1 is 1.26 bits per heavy atom. The summed E-state index contributed by atoms with van der Waals surface area (Å²) >= 11 is 6.76. The molecule has 1 saturated heterocycles. The minimum atomic E-state index is -0.512. The van der Waals surface area contributed by atoms with Crippen LogP contribution in [0.3, 0.4) is 0 Å². The number of methoxy groups -OCH3 is 1. The van der Waals surface area contributed by atoms with Crippen LogP contribution in [0.25, 0.3) is 0 Å². The van der Waals surface area contributed by atoms with Crippen LogP contribution < -0.4 is 0 Å². The van der Waals surface area contributed by atoms with Crippen molar-refractivity contribution in [2.45, 2.75) is 72.3 Å². The highest BCUT2D eigenvalue weighted by Gasteiger charge is 2.71. The molecule has 0 radical (unpaired) electrons. The fourth-order valence-corrected chi connectivity index (χ4v) is 6.83. The Balaban J connectivity index is 1.89. The first-order chi connectivity index (χ1) is 14.5. The largest absolute Gasteiger partial charge is 0.500 e. The number of carbonyl (C=O) groups is 2. The van der Waals surface area contributed by atoms with Gasteiger partial charge in [-0.25, -0.2) is 0 Å². The summed E-state index contributed by atoms with van der Waals surface area (Å²) in [5, 5.41) is 0.199. The molecule has 4 rings (SSSR count). The van der Waals surface area contributed by atoms with Gasteiger partial charge in [-0.1, -0.05) is 34.4 Å². The molecule has 0 unspecified atom stereocenters. The summed E-state index contributed by atoms with van der Waals surface area (Å²) in [6.07, 6.45) is 7.52. The molecule has 0 bridgehead atoms. The van der Waals surface area contributed by atoms with Crippen LogP contribution >= 0.6 is 11.6 Å². The minimum Gasteiger partial charge on any atom is -0.500 e. The second-order valence-electron chi connectivity index (χ2n) is 10.3. The van der Waals surface area contributed by atoms with Gasteiger partial charge in [0.1, 0.15) is 22.2 Å². The monoisotopic (exact) mass is 444 g/mol. The molecule has 1 aliphatic heterocycles. The maximum absolute atomic E-state index is 13.4. The molecule has 2 fully saturated rings. The van der Waals surface area contributed by atoms with Gasteiger partial charge in [-0.3, -0.25) is 9.59 Å². The van der Waals surface area contributed by atoms with Crippen molar-refractivity contribution < 1.29 is 19.1 Å². The Morgan fingerprint density at radius 3 is 2.58 bits per heavy atom. The molecule has 168 valence electrons. The zero-order valence-electron chi connectivity index (χ0n) is 19.4. The van der Waals surface area contributed by atoms with Crippen LogP contribution in [0.5, 0.6) is 0 Å². The number of Topliss-reactive ketones (excluding diaryl/α,β-unsaturated/α-hetero) is 1. The molecule has 0 N–H and O–H groups in total. The minimum absolute atomic E-state index is 0.0141. The molecule has 3 aliphatic carbocycles. The summed E-state index contributed by atoms with van der Waals surface area (Å²) in [5.41, 5.74) is 3.12. The van der Waals surface area contributed by atoms with E-state index in [-0.39, 0.29) is 28.4 Å². The third-order valence-electron chi connectivity index (χ3n) is 8.00. The molecule has 4 nitrogen and oxygen atoms in total. The molecule has 1 saturated carbocycles. The SMILES string of the molecule is COC1=CC(=O)C[C@H]2[C@@H]1C(=O)C(Cl)=C1O[C@@](C)(CCC=C(C)C)[C@@H]3CC(=C(C)C)C[C@]132. The first-order valence-electron chi connectivity index (χ1n) is 11.3. The predicted molar refractivity (Wildman–Crippen MR) is 121 cm³/mol. The van der Waals surface area contributed by atoms with Gasteiger partial charge in [-0.2, -0.15) is 0 Å². The van der Waals surface area contributed by atoms with E-state index in [2.05, 4.69) is 40.7 Å². The van der Waals surface area contributed by atoms with Gasteiger partial charge < -0.3 is 9.47 Å². The Kier molecular flexibility index (Phi) is 5.53. The van der Waals surface area contributed by atoms with Crippen molar-refractivity contribution in [1.82, 2.24) is 0 Å². The summed E-state index contributed by atoms with van der Waals surface area (Å²) in [7, 11) is 1.53. The summed E-state index contributed by atoms with van der Waals surface area (Å²) in [4.78, 5) is 26.1. The van der Waals surface area contributed by atoms with Crippen molar-refractivity contribution in [2.75, 3.05) is 7.11 Å². The first-order valence-corrected chi connectivity index (χ1v) is 11.6. The molecular formula is C26H33ClO4. The molecule has 1 heterocycles. The lowest BCUT2D eigenvalue weighted by Gasteiger charge is -2.46. The van der Waals surface area contributed by atoms with Gasteiger partial charge in [-0.15, -0.1) is 0 Å².